The van der Waals surface area contributed by atoms with Crippen molar-refractivity contribution in [3.63, 3.8) is 0 Å². The number of aromatic nitrogens is 1. The van der Waals surface area contributed by atoms with Gasteiger partial charge >= 0.3 is 12.1 Å². The van der Waals surface area contributed by atoms with Gasteiger partial charge in [0, 0.05) is 6.20 Å². The number of anilines is 1. The van der Waals surface area contributed by atoms with Crippen LogP contribution in [-0.4, -0.2) is 24.5 Å². The normalized spacial score (nSPS) is 11.9. The molecule has 3 rings (SSSR count). The van der Waals surface area contributed by atoms with E-state index in [-0.39, 0.29) is 26.9 Å². The van der Waals surface area contributed by atoms with Gasteiger partial charge in [-0.15, -0.1) is 0 Å². The number of carboxylic acid groups (broad SMARTS) is 1. The standard InChI is InChI=1S/C21H15Cl2F3N2O4S/c1-12-8-15(22)10-27-19(12)28(11-13-2-7-18(23)17(9-13)21(24,25)26)33(31,32)16-5-3-14(4-6-16)20(29)30/h2-10H,11H2,1H3,(H,29,30). The lowest BCUT2D eigenvalue weighted by molar-refractivity contribution is -0.137. The Balaban J connectivity index is 2.14. The molecule has 1 N–H and O–H groups in total. The molecule has 6 nitrogen and oxygen atoms in total. The maximum Gasteiger partial charge on any atom is 0.417 e. The zero-order valence-corrected chi connectivity index (χ0v) is 19.1. The predicted molar refractivity (Wildman–Crippen MR) is 117 cm³/mol. The minimum absolute atomic E-state index is 0.00797. The number of benzene rings is 2. The summed E-state index contributed by atoms with van der Waals surface area (Å²) in [5.41, 5.74) is -0.869. The highest BCUT2D eigenvalue weighted by molar-refractivity contribution is 7.92. The summed E-state index contributed by atoms with van der Waals surface area (Å²) < 4.78 is 67.7. The van der Waals surface area contributed by atoms with Gasteiger partial charge in [0.05, 0.1) is 32.6 Å². The Hall–Kier alpha value is -2.82. The lowest BCUT2D eigenvalue weighted by atomic mass is 10.1. The van der Waals surface area contributed by atoms with Crippen LogP contribution in [0.15, 0.2) is 59.6 Å². The quantitative estimate of drug-likeness (QED) is 0.444. The molecule has 0 spiro atoms. The zero-order chi connectivity index (χ0) is 24.6. The first-order valence-corrected chi connectivity index (χ1v) is 11.3. The van der Waals surface area contributed by atoms with Crippen molar-refractivity contribution >= 4 is 45.0 Å². The van der Waals surface area contributed by atoms with Gasteiger partial charge in [-0.25, -0.2) is 22.5 Å². The smallest absolute Gasteiger partial charge is 0.417 e. The van der Waals surface area contributed by atoms with E-state index in [2.05, 4.69) is 4.98 Å². The average Bonchev–Trinajstić information content (AvgIpc) is 2.73. The largest absolute Gasteiger partial charge is 0.478 e. The second-order valence-corrected chi connectivity index (χ2v) is 9.65. The molecular formula is C21H15Cl2F3N2O4S. The average molecular weight is 519 g/mol. The lowest BCUT2D eigenvalue weighted by Gasteiger charge is -2.25. The number of nitrogens with zero attached hydrogens (tertiary/aromatic N) is 2. The molecule has 3 aromatic rings. The monoisotopic (exact) mass is 518 g/mol. The number of hydrogen-bond donors (Lipinski definition) is 1. The van der Waals surface area contributed by atoms with E-state index in [9.17, 15) is 26.4 Å². The van der Waals surface area contributed by atoms with Gasteiger partial charge in [0.1, 0.15) is 5.82 Å². The summed E-state index contributed by atoms with van der Waals surface area (Å²) in [6.45, 7) is 1.05. The Bertz CT molecular complexity index is 1310. The molecule has 0 bridgehead atoms. The zero-order valence-electron chi connectivity index (χ0n) is 16.8. The molecule has 0 radical (unpaired) electrons. The van der Waals surface area contributed by atoms with Crippen molar-refractivity contribution in [2.75, 3.05) is 4.31 Å². The number of pyridine rings is 1. The molecule has 0 fully saturated rings. The van der Waals surface area contributed by atoms with Gasteiger partial charge in [0.25, 0.3) is 10.0 Å². The number of carboxylic acids is 1. The van der Waals surface area contributed by atoms with Crippen LogP contribution in [0.25, 0.3) is 0 Å². The molecule has 0 aliphatic carbocycles. The minimum Gasteiger partial charge on any atom is -0.478 e. The number of aryl methyl sites for hydroxylation is 1. The van der Waals surface area contributed by atoms with Gasteiger partial charge < -0.3 is 5.11 Å². The maximum absolute atomic E-state index is 13.5. The van der Waals surface area contributed by atoms with E-state index in [0.29, 0.717) is 5.56 Å². The fourth-order valence-corrected chi connectivity index (χ4v) is 4.93. The predicted octanol–water partition coefficient (Wildman–Crippen LogP) is 5.81. The summed E-state index contributed by atoms with van der Waals surface area (Å²) in [5.74, 6) is -1.29. The molecule has 0 amide bonds. The summed E-state index contributed by atoms with van der Waals surface area (Å²) in [6, 6.07) is 8.96. The van der Waals surface area contributed by atoms with Crippen LogP contribution < -0.4 is 4.31 Å². The first kappa shape index (κ1) is 24.8. The van der Waals surface area contributed by atoms with Crippen LogP contribution in [0, 0.1) is 6.92 Å². The van der Waals surface area contributed by atoms with Crippen LogP contribution in [-0.2, 0) is 22.7 Å². The maximum atomic E-state index is 13.5. The van der Waals surface area contributed by atoms with Crippen molar-refractivity contribution in [1.29, 1.82) is 0 Å². The van der Waals surface area contributed by atoms with Crippen LogP contribution in [0.5, 0.6) is 0 Å². The molecule has 0 saturated carbocycles. The summed E-state index contributed by atoms with van der Waals surface area (Å²) in [6.07, 6.45) is -3.53. The van der Waals surface area contributed by atoms with E-state index in [4.69, 9.17) is 28.3 Å². The van der Waals surface area contributed by atoms with Crippen molar-refractivity contribution in [1.82, 2.24) is 4.98 Å². The van der Waals surface area contributed by atoms with Gasteiger partial charge in [-0.05, 0) is 60.5 Å². The first-order valence-electron chi connectivity index (χ1n) is 9.14. The van der Waals surface area contributed by atoms with Crippen molar-refractivity contribution < 1.29 is 31.5 Å². The van der Waals surface area contributed by atoms with Gasteiger partial charge in [-0.1, -0.05) is 29.3 Å². The van der Waals surface area contributed by atoms with Crippen molar-refractivity contribution in [2.24, 2.45) is 0 Å². The number of aromatic carboxylic acids is 1. The van der Waals surface area contributed by atoms with Crippen LogP contribution >= 0.6 is 23.2 Å². The molecule has 174 valence electrons. The van der Waals surface area contributed by atoms with Gasteiger partial charge in [-0.3, -0.25) is 0 Å². The molecule has 12 heteroatoms. The molecule has 1 heterocycles. The number of sulfonamides is 1. The molecule has 2 aromatic carbocycles. The highest BCUT2D eigenvalue weighted by atomic mass is 35.5. The van der Waals surface area contributed by atoms with Crippen LogP contribution in [0.4, 0.5) is 19.0 Å². The fraction of sp³-hybridized carbons (Fsp3) is 0.143. The van der Waals surface area contributed by atoms with E-state index in [1.54, 1.807) is 6.92 Å². The first-order chi connectivity index (χ1) is 15.3. The van der Waals surface area contributed by atoms with E-state index >= 15 is 0 Å². The Morgan fingerprint density at radius 1 is 1.09 bits per heavy atom. The third kappa shape index (κ3) is 5.40. The third-order valence-corrected chi connectivity index (χ3v) is 6.89. The Kier molecular flexibility index (Phi) is 6.92. The summed E-state index contributed by atoms with van der Waals surface area (Å²) in [7, 11) is -4.37. The van der Waals surface area contributed by atoms with Crippen LogP contribution in [0.2, 0.25) is 10.0 Å². The highest BCUT2D eigenvalue weighted by Gasteiger charge is 2.34. The number of carbonyl (C=O) groups is 1. The number of alkyl halides is 3. The Morgan fingerprint density at radius 2 is 1.73 bits per heavy atom. The van der Waals surface area contributed by atoms with Gasteiger partial charge in [-0.2, -0.15) is 13.2 Å². The van der Waals surface area contributed by atoms with E-state index in [0.717, 1.165) is 40.7 Å². The Labute approximate surface area is 197 Å². The minimum atomic E-state index is -4.74. The number of hydrogen-bond acceptors (Lipinski definition) is 4. The van der Waals surface area contributed by atoms with Crippen molar-refractivity contribution in [3.8, 4) is 0 Å². The second kappa shape index (κ2) is 9.20. The molecular weight excluding hydrogens is 504 g/mol. The number of halogens is 5. The molecule has 33 heavy (non-hydrogen) atoms. The molecule has 0 atom stereocenters. The topological polar surface area (TPSA) is 87.6 Å². The molecule has 0 saturated heterocycles. The Morgan fingerprint density at radius 3 is 2.27 bits per heavy atom. The van der Waals surface area contributed by atoms with E-state index < -0.39 is 39.3 Å². The fourth-order valence-electron chi connectivity index (χ4n) is 3.02. The second-order valence-electron chi connectivity index (χ2n) is 6.95. The highest BCUT2D eigenvalue weighted by Crippen LogP contribution is 2.36. The molecule has 0 aliphatic heterocycles. The number of rotatable bonds is 6. The summed E-state index contributed by atoms with van der Waals surface area (Å²) in [4.78, 5) is 14.9. The van der Waals surface area contributed by atoms with E-state index in [1.165, 1.54) is 18.3 Å². The SMILES string of the molecule is Cc1cc(Cl)cnc1N(Cc1ccc(Cl)c(C(F)(F)F)c1)S(=O)(=O)c1ccc(C(=O)O)cc1. The summed E-state index contributed by atoms with van der Waals surface area (Å²) >= 11 is 11.6. The van der Waals surface area contributed by atoms with E-state index in [1.807, 2.05) is 0 Å². The van der Waals surface area contributed by atoms with Crippen molar-refractivity contribution in [2.45, 2.75) is 24.5 Å². The van der Waals surface area contributed by atoms with Crippen LogP contribution in [0.3, 0.4) is 0 Å². The lowest BCUT2D eigenvalue weighted by Crippen LogP contribution is -2.32. The van der Waals surface area contributed by atoms with Crippen LogP contribution in [0.1, 0.15) is 27.0 Å². The van der Waals surface area contributed by atoms with Gasteiger partial charge in [0.2, 0.25) is 0 Å². The van der Waals surface area contributed by atoms with Gasteiger partial charge in [0.15, 0.2) is 0 Å². The molecule has 0 aliphatic rings. The molecule has 0 unspecified atom stereocenters. The molecule has 1 aromatic heterocycles. The third-order valence-electron chi connectivity index (χ3n) is 4.61. The van der Waals surface area contributed by atoms with Crippen molar-refractivity contribution in [3.05, 3.63) is 87.0 Å². The summed E-state index contributed by atoms with van der Waals surface area (Å²) in [5, 5.41) is 8.77.